The van der Waals surface area contributed by atoms with Crippen molar-refractivity contribution in [1.82, 2.24) is 0 Å². The molecule has 0 saturated carbocycles. The Hall–Kier alpha value is -0.255. The van der Waals surface area contributed by atoms with Gasteiger partial charge in [-0.25, -0.2) is 0 Å². The normalized spacial score (nSPS) is 11.5. The van der Waals surface area contributed by atoms with E-state index in [0.717, 1.165) is 0 Å². The summed E-state index contributed by atoms with van der Waals surface area (Å²) in [7, 11) is -6.00. The van der Waals surface area contributed by atoms with Crippen LogP contribution in [0.1, 0.15) is 176 Å². The van der Waals surface area contributed by atoms with Gasteiger partial charge in [0.1, 0.15) is 0 Å². The third-order valence-electron chi connectivity index (χ3n) is 7.89. The first kappa shape index (κ1) is 41.2. The Labute approximate surface area is 231 Å². The largest absolute Gasteiger partial charge is 0.673 e. The predicted molar refractivity (Wildman–Crippen MR) is 161 cm³/mol. The average molecular weight is 542 g/mol. The van der Waals surface area contributed by atoms with E-state index in [1.165, 1.54) is 165 Å². The molecular weight excluding hydrogens is 473 g/mol. The van der Waals surface area contributed by atoms with Gasteiger partial charge in [-0.1, -0.05) is 149 Å². The first-order chi connectivity index (χ1) is 17.7. The molecule has 0 fully saturated rings. The minimum absolute atomic E-state index is 1.28. The van der Waals surface area contributed by atoms with Crippen LogP contribution in [-0.4, -0.2) is 37.9 Å². The monoisotopic (exact) mass is 542 g/mol. The molecule has 6 heteroatoms. The van der Waals surface area contributed by atoms with E-state index in [2.05, 4.69) is 41.5 Å². The van der Waals surface area contributed by atoms with Crippen LogP contribution in [0, 0.1) is 0 Å². The van der Waals surface area contributed by atoms with E-state index in [-0.39, 0.29) is 0 Å². The quantitative estimate of drug-likeness (QED) is 0.0493. The van der Waals surface area contributed by atoms with E-state index in [4.69, 9.17) is 0 Å². The van der Waals surface area contributed by atoms with Crippen LogP contribution >= 0.6 is 0 Å². The van der Waals surface area contributed by atoms with Crippen LogP contribution in [0.5, 0.6) is 0 Å². The molecule has 0 rings (SSSR count). The number of unbranched alkanes of at least 4 members (excludes halogenated alkanes) is 20. The highest BCUT2D eigenvalue weighted by molar-refractivity contribution is 6.50. The van der Waals surface area contributed by atoms with E-state index in [9.17, 15) is 17.3 Å². The third kappa shape index (κ3) is 40.4. The van der Waals surface area contributed by atoms with Crippen LogP contribution in [0.25, 0.3) is 0 Å². The van der Waals surface area contributed by atoms with Gasteiger partial charge >= 0.3 is 7.25 Å². The molecule has 0 aliphatic carbocycles. The van der Waals surface area contributed by atoms with Crippen LogP contribution in [0.15, 0.2) is 0 Å². The highest BCUT2D eigenvalue weighted by Gasteiger charge is 2.20. The average Bonchev–Trinajstić information content (AvgIpc) is 2.87. The molecular formula is C31H68BF4N. The van der Waals surface area contributed by atoms with E-state index in [0.29, 0.717) is 0 Å². The maximum atomic E-state index is 9.75. The van der Waals surface area contributed by atoms with Crippen molar-refractivity contribution in [3.63, 3.8) is 0 Å². The summed E-state index contributed by atoms with van der Waals surface area (Å²) in [5, 5.41) is 0. The van der Waals surface area contributed by atoms with Gasteiger partial charge in [-0.05, 0) is 27.7 Å². The Kier molecular flexibility index (Phi) is 35.6. The van der Waals surface area contributed by atoms with Crippen molar-refractivity contribution < 1.29 is 21.7 Å². The molecule has 0 radical (unpaired) electrons. The number of rotatable bonds is 24. The topological polar surface area (TPSA) is 0 Å². The molecule has 0 aromatic heterocycles. The van der Waals surface area contributed by atoms with Crippen molar-refractivity contribution >= 4 is 7.25 Å². The van der Waals surface area contributed by atoms with Gasteiger partial charge in [0.25, 0.3) is 0 Å². The number of quaternary nitrogens is 1. The highest BCUT2D eigenvalue weighted by atomic mass is 19.5. The smallest absolute Gasteiger partial charge is 0.418 e. The van der Waals surface area contributed by atoms with Gasteiger partial charge in [0.2, 0.25) is 0 Å². The van der Waals surface area contributed by atoms with Gasteiger partial charge in [-0.3, -0.25) is 0 Å². The standard InChI is InChI=1S/C23H48.C8H20N.BF4/c1-3-5-7-9-11-13-15-17-19-21-23-22-20-18-16-14-12-10-8-6-4-2;1-5-9(6-2,7-3)8-4;2-1(3,4)5/h3-23H2,1-2H3;5-8H2,1-4H3;/q;+1;-1. The second-order valence-corrected chi connectivity index (χ2v) is 10.8. The van der Waals surface area contributed by atoms with Gasteiger partial charge in [0.05, 0.1) is 26.2 Å². The molecule has 0 aromatic rings. The van der Waals surface area contributed by atoms with Crippen molar-refractivity contribution in [3.8, 4) is 0 Å². The van der Waals surface area contributed by atoms with Crippen LogP contribution in [0.2, 0.25) is 0 Å². The number of hydrogen-bond acceptors (Lipinski definition) is 0. The van der Waals surface area contributed by atoms with Crippen molar-refractivity contribution in [1.29, 1.82) is 0 Å². The molecule has 0 aromatic carbocycles. The second-order valence-electron chi connectivity index (χ2n) is 10.8. The zero-order chi connectivity index (χ0) is 28.7. The molecule has 0 spiro atoms. The number of halogens is 4. The Morgan fingerprint density at radius 2 is 0.459 bits per heavy atom. The van der Waals surface area contributed by atoms with E-state index in [1.807, 2.05) is 0 Å². The molecule has 0 aliphatic heterocycles. The lowest BCUT2D eigenvalue weighted by molar-refractivity contribution is -0.921. The van der Waals surface area contributed by atoms with Crippen molar-refractivity contribution in [3.05, 3.63) is 0 Å². The summed E-state index contributed by atoms with van der Waals surface area (Å²) >= 11 is 0. The van der Waals surface area contributed by atoms with Crippen LogP contribution < -0.4 is 0 Å². The molecule has 0 saturated heterocycles. The summed E-state index contributed by atoms with van der Waals surface area (Å²) in [4.78, 5) is 0. The zero-order valence-corrected chi connectivity index (χ0v) is 26.2. The summed E-state index contributed by atoms with van der Waals surface area (Å²) in [5.41, 5.74) is 0. The molecule has 37 heavy (non-hydrogen) atoms. The molecule has 0 heterocycles. The minimum Gasteiger partial charge on any atom is -0.418 e. The summed E-state index contributed by atoms with van der Waals surface area (Å²) in [6, 6.07) is 0. The maximum Gasteiger partial charge on any atom is 0.673 e. The Bertz CT molecular complexity index is 358. The van der Waals surface area contributed by atoms with Gasteiger partial charge in [0, 0.05) is 0 Å². The lowest BCUT2D eigenvalue weighted by Crippen LogP contribution is -2.47. The van der Waals surface area contributed by atoms with E-state index >= 15 is 0 Å². The molecule has 0 amide bonds. The molecule has 0 N–H and O–H groups in total. The number of nitrogens with zero attached hydrogens (tertiary/aromatic N) is 1. The summed E-state index contributed by atoms with van der Waals surface area (Å²) in [5.74, 6) is 0. The molecule has 0 atom stereocenters. The second kappa shape index (κ2) is 32.0. The van der Waals surface area contributed by atoms with Gasteiger partial charge < -0.3 is 21.7 Å². The van der Waals surface area contributed by atoms with Crippen molar-refractivity contribution in [2.24, 2.45) is 0 Å². The van der Waals surface area contributed by atoms with Gasteiger partial charge in [-0.15, -0.1) is 0 Å². The molecule has 0 unspecified atom stereocenters. The van der Waals surface area contributed by atoms with Gasteiger partial charge in [0.15, 0.2) is 0 Å². The Morgan fingerprint density at radius 1 is 0.324 bits per heavy atom. The maximum absolute atomic E-state index is 9.75. The molecule has 1 nitrogen and oxygen atoms in total. The van der Waals surface area contributed by atoms with Crippen LogP contribution in [0.3, 0.4) is 0 Å². The lowest BCUT2D eigenvalue weighted by atomic mass is 10.0. The van der Waals surface area contributed by atoms with Gasteiger partial charge in [-0.2, -0.15) is 0 Å². The molecule has 0 aliphatic rings. The van der Waals surface area contributed by atoms with E-state index in [1.54, 1.807) is 0 Å². The van der Waals surface area contributed by atoms with Crippen molar-refractivity contribution in [2.45, 2.75) is 176 Å². The van der Waals surface area contributed by atoms with Crippen molar-refractivity contribution in [2.75, 3.05) is 26.2 Å². The SMILES string of the molecule is CCCCCCCCCCCCCCCCCCCCCCC.CC[N+](CC)(CC)CC.F[B-](F)(F)F. The third-order valence-corrected chi connectivity index (χ3v) is 7.89. The summed E-state index contributed by atoms with van der Waals surface area (Å²) in [6.45, 7) is 18.8. The Balaban J connectivity index is -0.000000674. The molecule has 228 valence electrons. The highest BCUT2D eigenvalue weighted by Crippen LogP contribution is 2.15. The Morgan fingerprint density at radius 3 is 0.541 bits per heavy atom. The summed E-state index contributed by atoms with van der Waals surface area (Å²) < 4.78 is 40.3. The fourth-order valence-corrected chi connectivity index (χ4v) is 4.85. The van der Waals surface area contributed by atoms with E-state index < -0.39 is 7.25 Å². The lowest BCUT2D eigenvalue weighted by Gasteiger charge is -2.34. The minimum atomic E-state index is -6.00. The van der Waals surface area contributed by atoms with Crippen LogP contribution in [0.4, 0.5) is 17.3 Å². The first-order valence-electron chi connectivity index (χ1n) is 16.4. The fourth-order valence-electron chi connectivity index (χ4n) is 4.85. The first-order valence-corrected chi connectivity index (χ1v) is 16.4. The fraction of sp³-hybridized carbons (Fsp3) is 1.00. The molecule has 0 bridgehead atoms. The summed E-state index contributed by atoms with van der Waals surface area (Å²) in [6.07, 6.45) is 30.9. The number of hydrogen-bond donors (Lipinski definition) is 0. The zero-order valence-electron chi connectivity index (χ0n) is 26.2. The van der Waals surface area contributed by atoms with Crippen LogP contribution in [-0.2, 0) is 0 Å². The predicted octanol–water partition coefficient (Wildman–Crippen LogP) is 12.4.